The third kappa shape index (κ3) is 3.81. The van der Waals surface area contributed by atoms with Crippen LogP contribution in [0, 0.1) is 11.8 Å². The fraction of sp³-hybridized carbons (Fsp3) is 0.364. The quantitative estimate of drug-likeness (QED) is 0.535. The lowest BCUT2D eigenvalue weighted by molar-refractivity contribution is 0.729. The highest BCUT2D eigenvalue weighted by Crippen LogP contribution is 2.36. The molecule has 2 heteroatoms. The van der Waals surface area contributed by atoms with Crippen LogP contribution < -0.4 is 0 Å². The van der Waals surface area contributed by atoms with Crippen LogP contribution in [0.4, 0.5) is 0 Å². The molecule has 124 valence electrons. The monoisotopic (exact) mass is 318 g/mol. The van der Waals surface area contributed by atoms with E-state index in [0.29, 0.717) is 11.8 Å². The van der Waals surface area contributed by atoms with Gasteiger partial charge in [0, 0.05) is 11.8 Å². The molecule has 1 aliphatic heterocycles. The van der Waals surface area contributed by atoms with Crippen LogP contribution in [0.25, 0.3) is 0 Å². The summed E-state index contributed by atoms with van der Waals surface area (Å²) in [7, 11) is 0. The van der Waals surface area contributed by atoms with Crippen molar-refractivity contribution in [3.63, 3.8) is 0 Å². The van der Waals surface area contributed by atoms with Crippen molar-refractivity contribution in [2.75, 3.05) is 0 Å². The molecular weight excluding hydrogens is 292 g/mol. The Morgan fingerprint density at radius 3 is 2.71 bits per heavy atom. The molecule has 0 radical (unpaired) electrons. The number of hydrogen-bond donors (Lipinski definition) is 0. The van der Waals surface area contributed by atoms with Gasteiger partial charge < -0.3 is 0 Å². The molecule has 3 unspecified atom stereocenters. The maximum absolute atomic E-state index is 4.56. The van der Waals surface area contributed by atoms with Gasteiger partial charge in [0.1, 0.15) is 6.04 Å². The maximum atomic E-state index is 4.56. The van der Waals surface area contributed by atoms with Crippen LogP contribution in [0.3, 0.4) is 0 Å². The van der Waals surface area contributed by atoms with Crippen LogP contribution in [0.2, 0.25) is 0 Å². The summed E-state index contributed by atoms with van der Waals surface area (Å²) >= 11 is 0. The first-order chi connectivity index (χ1) is 11.8. The Morgan fingerprint density at radius 1 is 1.12 bits per heavy atom. The average molecular weight is 318 g/mol. The number of rotatable bonds is 5. The first-order valence-electron chi connectivity index (χ1n) is 8.95. The average Bonchev–Trinajstić information content (AvgIpc) is 3.13. The number of azo groups is 1. The zero-order valence-corrected chi connectivity index (χ0v) is 14.6. The van der Waals surface area contributed by atoms with Gasteiger partial charge in [0.15, 0.2) is 0 Å². The van der Waals surface area contributed by atoms with E-state index >= 15 is 0 Å². The topological polar surface area (TPSA) is 24.7 Å². The van der Waals surface area contributed by atoms with Crippen molar-refractivity contribution in [3.8, 4) is 0 Å². The summed E-state index contributed by atoms with van der Waals surface area (Å²) in [5, 5.41) is 9.03. The van der Waals surface area contributed by atoms with Gasteiger partial charge in [0.2, 0.25) is 0 Å². The summed E-state index contributed by atoms with van der Waals surface area (Å²) in [5.74, 6) is 0.783. The van der Waals surface area contributed by atoms with E-state index in [1.807, 2.05) is 19.1 Å². The van der Waals surface area contributed by atoms with Crippen LogP contribution in [-0.2, 0) is 0 Å². The van der Waals surface area contributed by atoms with Gasteiger partial charge in [-0.2, -0.15) is 10.2 Å². The van der Waals surface area contributed by atoms with Crippen molar-refractivity contribution in [2.45, 2.75) is 39.2 Å². The highest BCUT2D eigenvalue weighted by molar-refractivity contribution is 5.46. The molecule has 0 aromatic heterocycles. The Hall–Kier alpha value is -2.22. The lowest BCUT2D eigenvalue weighted by atomic mass is 9.81. The van der Waals surface area contributed by atoms with E-state index < -0.39 is 0 Å². The predicted octanol–water partition coefficient (Wildman–Crippen LogP) is 6.25. The minimum absolute atomic E-state index is 0.0865. The first-order valence-corrected chi connectivity index (χ1v) is 8.95. The highest BCUT2D eigenvalue weighted by Gasteiger charge is 2.26. The van der Waals surface area contributed by atoms with Crippen molar-refractivity contribution in [3.05, 3.63) is 83.7 Å². The minimum Gasteiger partial charge on any atom is -0.176 e. The van der Waals surface area contributed by atoms with E-state index in [2.05, 4.69) is 71.8 Å². The van der Waals surface area contributed by atoms with Crippen LogP contribution in [0.5, 0.6) is 0 Å². The summed E-state index contributed by atoms with van der Waals surface area (Å²) in [6.07, 6.45) is 27.5. The van der Waals surface area contributed by atoms with Crippen molar-refractivity contribution >= 4 is 0 Å². The summed E-state index contributed by atoms with van der Waals surface area (Å²) in [5.41, 5.74) is 3.88. The summed E-state index contributed by atoms with van der Waals surface area (Å²) in [6, 6.07) is 0.0865. The number of allylic oxidation sites excluding steroid dienone is 10. The summed E-state index contributed by atoms with van der Waals surface area (Å²) in [6.45, 7) is 4.20. The van der Waals surface area contributed by atoms with Gasteiger partial charge in [-0.15, -0.1) is 0 Å². The largest absolute Gasteiger partial charge is 0.176 e. The fourth-order valence-electron chi connectivity index (χ4n) is 3.37. The van der Waals surface area contributed by atoms with E-state index in [0.717, 1.165) is 25.0 Å². The summed E-state index contributed by atoms with van der Waals surface area (Å²) in [4.78, 5) is 0. The number of hydrogen-bond acceptors (Lipinski definition) is 2. The van der Waals surface area contributed by atoms with Gasteiger partial charge in [0.25, 0.3) is 0 Å². The van der Waals surface area contributed by atoms with Gasteiger partial charge >= 0.3 is 0 Å². The molecule has 0 fully saturated rings. The third-order valence-corrected chi connectivity index (χ3v) is 4.72. The Labute approximate surface area is 145 Å². The van der Waals surface area contributed by atoms with E-state index in [-0.39, 0.29) is 6.04 Å². The second-order valence-corrected chi connectivity index (χ2v) is 6.50. The van der Waals surface area contributed by atoms with Crippen molar-refractivity contribution in [2.24, 2.45) is 22.1 Å². The molecule has 0 aromatic rings. The third-order valence-electron chi connectivity index (χ3n) is 4.72. The Balaban J connectivity index is 1.75. The lowest BCUT2D eigenvalue weighted by Crippen LogP contribution is -2.14. The van der Waals surface area contributed by atoms with Crippen LogP contribution >= 0.6 is 0 Å². The predicted molar refractivity (Wildman–Crippen MR) is 102 cm³/mol. The highest BCUT2D eigenvalue weighted by atomic mass is 15.2. The molecule has 0 N–H and O–H groups in total. The molecule has 0 saturated carbocycles. The standard InChI is InChI=1S/C22H26N2/c1-3-4-6-11-17(2)21-16-22(24-23-21)20-15-10-9-14-19(20)18-12-7-5-8-13-18/h3-8,11-12,14-18,22H,9-10,13H2,1-2H3/b4-3-,11-6-. The molecule has 24 heavy (non-hydrogen) atoms. The Morgan fingerprint density at radius 2 is 1.96 bits per heavy atom. The normalized spacial score (nSPS) is 27.7. The fourth-order valence-corrected chi connectivity index (χ4v) is 3.37. The van der Waals surface area contributed by atoms with Crippen molar-refractivity contribution in [1.29, 1.82) is 0 Å². The van der Waals surface area contributed by atoms with E-state index in [1.54, 1.807) is 0 Å². The molecule has 0 saturated heterocycles. The van der Waals surface area contributed by atoms with Crippen LogP contribution in [0.15, 0.2) is 93.9 Å². The molecule has 0 spiro atoms. The van der Waals surface area contributed by atoms with Gasteiger partial charge in [-0.25, -0.2) is 0 Å². The molecule has 0 amide bonds. The molecule has 0 aromatic carbocycles. The van der Waals surface area contributed by atoms with Gasteiger partial charge in [-0.3, -0.25) is 0 Å². The van der Waals surface area contributed by atoms with Crippen LogP contribution in [-0.4, -0.2) is 6.04 Å². The molecule has 0 bridgehead atoms. The molecule has 1 heterocycles. The molecule has 2 nitrogen and oxygen atoms in total. The second-order valence-electron chi connectivity index (χ2n) is 6.50. The summed E-state index contributed by atoms with van der Waals surface area (Å²) < 4.78 is 0. The van der Waals surface area contributed by atoms with Gasteiger partial charge in [0.05, 0.1) is 5.70 Å². The van der Waals surface area contributed by atoms with E-state index in [9.17, 15) is 0 Å². The molecule has 3 atom stereocenters. The van der Waals surface area contributed by atoms with Gasteiger partial charge in [-0.05, 0) is 43.4 Å². The molecule has 3 rings (SSSR count). The van der Waals surface area contributed by atoms with E-state index in [1.165, 1.54) is 11.1 Å². The lowest BCUT2D eigenvalue weighted by Gasteiger charge is -2.24. The van der Waals surface area contributed by atoms with E-state index in [4.69, 9.17) is 0 Å². The van der Waals surface area contributed by atoms with Crippen LogP contribution in [0.1, 0.15) is 33.1 Å². The molecule has 2 aliphatic carbocycles. The zero-order valence-electron chi connectivity index (χ0n) is 14.6. The zero-order chi connectivity index (χ0) is 16.8. The molecule has 3 aliphatic rings. The Bertz CT molecular complexity index is 695. The van der Waals surface area contributed by atoms with Gasteiger partial charge in [-0.1, -0.05) is 67.7 Å². The van der Waals surface area contributed by atoms with Crippen molar-refractivity contribution < 1.29 is 0 Å². The molecular formula is C22H26N2. The Kier molecular flexibility index (Phi) is 5.58. The minimum atomic E-state index is 0.0865. The number of nitrogens with zero attached hydrogens (tertiary/aromatic N) is 2. The smallest absolute Gasteiger partial charge is 0.116 e. The van der Waals surface area contributed by atoms with Crippen molar-refractivity contribution in [1.82, 2.24) is 0 Å². The maximum Gasteiger partial charge on any atom is 0.116 e. The SMILES string of the molecule is C/C=C\C=C/C(C)C1=CC(C2=CCCC=C2C2C=CC=CC2)N=N1. The first kappa shape index (κ1) is 16.6. The second kappa shape index (κ2) is 8.05.